The average Bonchev–Trinajstić information content (AvgIpc) is 2.78. The van der Waals surface area contributed by atoms with Crippen LogP contribution in [-0.4, -0.2) is 18.9 Å². The summed E-state index contributed by atoms with van der Waals surface area (Å²) < 4.78 is 12.9. The van der Waals surface area contributed by atoms with Gasteiger partial charge in [0.15, 0.2) is 5.78 Å². The van der Waals surface area contributed by atoms with Gasteiger partial charge >= 0.3 is 0 Å². The quantitative estimate of drug-likeness (QED) is 0.791. The fraction of sp³-hybridized carbons (Fsp3) is 0.462. The van der Waals surface area contributed by atoms with Crippen LogP contribution in [0.15, 0.2) is 24.3 Å². The topological polar surface area (TPSA) is 29.1 Å². The largest absolute Gasteiger partial charge is 0.316 e. The van der Waals surface area contributed by atoms with E-state index in [1.165, 1.54) is 12.1 Å². The van der Waals surface area contributed by atoms with Crippen molar-refractivity contribution in [1.82, 2.24) is 5.32 Å². The zero-order valence-electron chi connectivity index (χ0n) is 9.21. The Labute approximate surface area is 94.9 Å². The van der Waals surface area contributed by atoms with E-state index >= 15 is 0 Å². The van der Waals surface area contributed by atoms with Crippen LogP contribution in [0.1, 0.15) is 29.6 Å². The van der Waals surface area contributed by atoms with E-state index < -0.39 is 0 Å². The van der Waals surface area contributed by atoms with Crippen LogP contribution in [0.4, 0.5) is 4.39 Å². The van der Waals surface area contributed by atoms with E-state index in [1.807, 2.05) is 0 Å². The lowest BCUT2D eigenvalue weighted by atomic mass is 9.98. The number of carbonyl (C=O) groups excluding carboxylic acids is 1. The van der Waals surface area contributed by atoms with Gasteiger partial charge in [-0.3, -0.25) is 4.79 Å². The van der Waals surface area contributed by atoms with E-state index in [4.69, 9.17) is 0 Å². The van der Waals surface area contributed by atoms with Gasteiger partial charge in [0.2, 0.25) is 0 Å². The SMILES string of the molecule is O=C(CCC1CCNC1)c1cccc(F)c1. The summed E-state index contributed by atoms with van der Waals surface area (Å²) in [5.74, 6) is 0.317. The second-order valence-electron chi connectivity index (χ2n) is 4.33. The molecule has 1 N–H and O–H groups in total. The molecular formula is C13H16FNO. The first-order valence-electron chi connectivity index (χ1n) is 5.75. The van der Waals surface area contributed by atoms with Gasteiger partial charge in [0.1, 0.15) is 5.82 Å². The number of Topliss-reactive ketones (excluding diaryl/α,β-unsaturated/α-hetero) is 1. The van der Waals surface area contributed by atoms with E-state index in [0.717, 1.165) is 25.9 Å². The van der Waals surface area contributed by atoms with Gasteiger partial charge < -0.3 is 5.32 Å². The van der Waals surface area contributed by atoms with Crippen LogP contribution in [0.2, 0.25) is 0 Å². The number of hydrogen-bond acceptors (Lipinski definition) is 2. The van der Waals surface area contributed by atoms with Gasteiger partial charge in [-0.15, -0.1) is 0 Å². The lowest BCUT2D eigenvalue weighted by Crippen LogP contribution is -2.10. The Balaban J connectivity index is 1.87. The van der Waals surface area contributed by atoms with Gasteiger partial charge in [0.05, 0.1) is 0 Å². The summed E-state index contributed by atoms with van der Waals surface area (Å²) >= 11 is 0. The van der Waals surface area contributed by atoms with Crippen LogP contribution in [0, 0.1) is 11.7 Å². The molecule has 1 unspecified atom stereocenters. The standard InChI is InChI=1S/C13H16FNO/c14-12-3-1-2-11(8-12)13(16)5-4-10-6-7-15-9-10/h1-3,8,10,15H,4-7,9H2. The molecule has 1 aliphatic heterocycles. The molecule has 3 heteroatoms. The molecule has 2 nitrogen and oxygen atoms in total. The van der Waals surface area contributed by atoms with Crippen LogP contribution < -0.4 is 5.32 Å². The van der Waals surface area contributed by atoms with Crippen molar-refractivity contribution in [2.45, 2.75) is 19.3 Å². The van der Waals surface area contributed by atoms with Crippen LogP contribution in [0.25, 0.3) is 0 Å². The zero-order valence-corrected chi connectivity index (χ0v) is 9.21. The Hall–Kier alpha value is -1.22. The predicted molar refractivity (Wildman–Crippen MR) is 60.9 cm³/mol. The Morgan fingerprint density at radius 3 is 3.06 bits per heavy atom. The molecule has 0 spiro atoms. The first-order valence-corrected chi connectivity index (χ1v) is 5.75. The predicted octanol–water partition coefficient (Wildman–Crippen LogP) is 2.40. The zero-order chi connectivity index (χ0) is 11.4. The molecule has 16 heavy (non-hydrogen) atoms. The van der Waals surface area contributed by atoms with Gasteiger partial charge in [0, 0.05) is 12.0 Å². The number of carbonyl (C=O) groups is 1. The highest BCUT2D eigenvalue weighted by atomic mass is 19.1. The van der Waals surface area contributed by atoms with Gasteiger partial charge in [-0.1, -0.05) is 12.1 Å². The van der Waals surface area contributed by atoms with Crippen molar-refractivity contribution in [3.63, 3.8) is 0 Å². The van der Waals surface area contributed by atoms with E-state index in [9.17, 15) is 9.18 Å². The highest BCUT2D eigenvalue weighted by molar-refractivity contribution is 5.95. The van der Waals surface area contributed by atoms with Crippen LogP contribution in [0.3, 0.4) is 0 Å². The molecule has 1 fully saturated rings. The minimum absolute atomic E-state index is 0.0476. The van der Waals surface area contributed by atoms with Crippen molar-refractivity contribution in [3.8, 4) is 0 Å². The van der Waals surface area contributed by atoms with Crippen LogP contribution in [0.5, 0.6) is 0 Å². The summed E-state index contributed by atoms with van der Waals surface area (Å²) in [6.07, 6.45) is 2.58. The molecule has 1 atom stereocenters. The normalized spacial score (nSPS) is 19.9. The van der Waals surface area contributed by atoms with E-state index in [-0.39, 0.29) is 11.6 Å². The maximum atomic E-state index is 12.9. The van der Waals surface area contributed by atoms with Gasteiger partial charge in [-0.2, -0.15) is 0 Å². The lowest BCUT2D eigenvalue weighted by molar-refractivity contribution is 0.0974. The maximum absolute atomic E-state index is 12.9. The molecule has 1 aliphatic rings. The molecule has 0 saturated carbocycles. The first-order chi connectivity index (χ1) is 7.75. The van der Waals surface area contributed by atoms with Crippen LogP contribution in [-0.2, 0) is 0 Å². The first kappa shape index (κ1) is 11.3. The molecule has 0 bridgehead atoms. The number of halogens is 1. The molecule has 1 heterocycles. The molecule has 0 aliphatic carbocycles. The highest BCUT2D eigenvalue weighted by Gasteiger charge is 2.16. The van der Waals surface area contributed by atoms with Crippen LogP contribution >= 0.6 is 0 Å². The third kappa shape index (κ3) is 2.89. The summed E-state index contributed by atoms with van der Waals surface area (Å²) in [6, 6.07) is 5.94. The summed E-state index contributed by atoms with van der Waals surface area (Å²) in [4.78, 5) is 11.8. The average molecular weight is 221 g/mol. The number of nitrogens with one attached hydrogen (secondary N) is 1. The smallest absolute Gasteiger partial charge is 0.162 e. The molecular weight excluding hydrogens is 205 g/mol. The second-order valence-corrected chi connectivity index (χ2v) is 4.33. The van der Waals surface area contributed by atoms with E-state index in [2.05, 4.69) is 5.32 Å². The Morgan fingerprint density at radius 2 is 2.38 bits per heavy atom. The summed E-state index contributed by atoms with van der Waals surface area (Å²) in [7, 11) is 0. The van der Waals surface area contributed by atoms with Gasteiger partial charge in [-0.05, 0) is 44.0 Å². The Kier molecular flexibility index (Phi) is 3.67. The number of rotatable bonds is 4. The van der Waals surface area contributed by atoms with Crippen molar-refractivity contribution in [3.05, 3.63) is 35.6 Å². The maximum Gasteiger partial charge on any atom is 0.162 e. The summed E-state index contributed by atoms with van der Waals surface area (Å²) in [5.41, 5.74) is 0.492. The minimum Gasteiger partial charge on any atom is -0.316 e. The van der Waals surface area contributed by atoms with Crippen molar-refractivity contribution in [2.24, 2.45) is 5.92 Å². The molecule has 1 saturated heterocycles. The summed E-state index contributed by atoms with van der Waals surface area (Å²) in [6.45, 7) is 2.06. The number of benzene rings is 1. The fourth-order valence-corrected chi connectivity index (χ4v) is 2.10. The highest BCUT2D eigenvalue weighted by Crippen LogP contribution is 2.16. The van der Waals surface area contributed by atoms with E-state index in [1.54, 1.807) is 12.1 Å². The molecule has 0 radical (unpaired) electrons. The molecule has 1 aromatic carbocycles. The molecule has 0 aromatic heterocycles. The van der Waals surface area contributed by atoms with E-state index in [0.29, 0.717) is 17.9 Å². The Bertz CT molecular complexity index is 372. The fourth-order valence-electron chi connectivity index (χ4n) is 2.10. The molecule has 0 amide bonds. The molecule has 86 valence electrons. The number of hydrogen-bond donors (Lipinski definition) is 1. The Morgan fingerprint density at radius 1 is 1.50 bits per heavy atom. The van der Waals surface area contributed by atoms with Crippen molar-refractivity contribution in [1.29, 1.82) is 0 Å². The van der Waals surface area contributed by atoms with Gasteiger partial charge in [0.25, 0.3) is 0 Å². The van der Waals surface area contributed by atoms with Gasteiger partial charge in [-0.25, -0.2) is 4.39 Å². The monoisotopic (exact) mass is 221 g/mol. The van der Waals surface area contributed by atoms with Crippen molar-refractivity contribution >= 4 is 5.78 Å². The molecule has 2 rings (SSSR count). The second kappa shape index (κ2) is 5.21. The summed E-state index contributed by atoms with van der Waals surface area (Å²) in [5, 5.41) is 3.27. The third-order valence-electron chi connectivity index (χ3n) is 3.09. The molecule has 1 aromatic rings. The number of ketones is 1. The minimum atomic E-state index is -0.339. The lowest BCUT2D eigenvalue weighted by Gasteiger charge is -2.06. The third-order valence-corrected chi connectivity index (χ3v) is 3.09. The van der Waals surface area contributed by atoms with Crippen molar-refractivity contribution in [2.75, 3.05) is 13.1 Å². The van der Waals surface area contributed by atoms with Crippen molar-refractivity contribution < 1.29 is 9.18 Å².